The van der Waals surface area contributed by atoms with Gasteiger partial charge in [-0.05, 0) is 12.1 Å². The lowest BCUT2D eigenvalue weighted by Gasteiger charge is -2.42. The molecule has 0 amide bonds. The number of benzene rings is 2. The number of phenolic OH excluding ortho intramolecular Hbond substituents is 1. The maximum atomic E-state index is 12.2. The first-order valence-electron chi connectivity index (χ1n) is 6.16. The lowest BCUT2D eigenvalue weighted by molar-refractivity contribution is -0.328. The minimum atomic E-state index is -3.24. The van der Waals surface area contributed by atoms with E-state index in [-0.39, 0.29) is 16.9 Å². The molecule has 6 nitrogen and oxygen atoms in total. The fourth-order valence-electron chi connectivity index (χ4n) is 2.32. The predicted molar refractivity (Wildman–Crippen MR) is 70.6 cm³/mol. The van der Waals surface area contributed by atoms with Gasteiger partial charge in [0.1, 0.15) is 17.1 Å². The molecule has 1 aliphatic rings. The average Bonchev–Trinajstić information content (AvgIpc) is 2.46. The number of hydrogen-bond donors (Lipinski definition) is 4. The molecule has 3 rings (SSSR count). The monoisotopic (exact) mass is 288 g/mol. The maximum absolute atomic E-state index is 12.2. The van der Waals surface area contributed by atoms with Gasteiger partial charge in [-0.15, -0.1) is 0 Å². The molecule has 6 heteroatoms. The number of Topliss-reactive ketones (excluding diaryl/α,β-unsaturated/α-hetero) is 1. The van der Waals surface area contributed by atoms with Crippen LogP contribution in [0.2, 0.25) is 0 Å². The second kappa shape index (κ2) is 4.29. The third-order valence-corrected chi connectivity index (χ3v) is 3.44. The Hall–Kier alpha value is -2.41. The van der Waals surface area contributed by atoms with E-state index in [4.69, 9.17) is 4.74 Å². The zero-order valence-corrected chi connectivity index (χ0v) is 10.7. The normalized spacial score (nSPS) is 23.3. The summed E-state index contributed by atoms with van der Waals surface area (Å²) >= 11 is 0. The molecule has 21 heavy (non-hydrogen) atoms. The quantitative estimate of drug-likeness (QED) is 0.569. The molecule has 1 aliphatic heterocycles. The molecule has 1 unspecified atom stereocenters. The van der Waals surface area contributed by atoms with Gasteiger partial charge in [0.2, 0.25) is 5.78 Å². The minimum Gasteiger partial charge on any atom is -0.507 e. The number of phenols is 1. The Bertz CT molecular complexity index is 709. The van der Waals surface area contributed by atoms with Gasteiger partial charge in [-0.1, -0.05) is 36.4 Å². The van der Waals surface area contributed by atoms with E-state index in [0.29, 0.717) is 0 Å². The predicted octanol–water partition coefficient (Wildman–Crippen LogP) is 0.493. The molecule has 0 radical (unpaired) electrons. The summed E-state index contributed by atoms with van der Waals surface area (Å²) in [4.78, 5) is 12.2. The first-order chi connectivity index (χ1) is 9.88. The summed E-state index contributed by atoms with van der Waals surface area (Å²) in [5, 5.41) is 40.5. The molecule has 0 saturated carbocycles. The molecule has 0 fully saturated rings. The fourth-order valence-corrected chi connectivity index (χ4v) is 2.32. The van der Waals surface area contributed by atoms with E-state index in [0.717, 1.165) is 0 Å². The van der Waals surface area contributed by atoms with Crippen molar-refractivity contribution < 1.29 is 30.0 Å². The van der Waals surface area contributed by atoms with E-state index in [9.17, 15) is 25.2 Å². The summed E-state index contributed by atoms with van der Waals surface area (Å²) in [6, 6.07) is 11.5. The van der Waals surface area contributed by atoms with Gasteiger partial charge < -0.3 is 25.2 Å². The lowest BCUT2D eigenvalue weighted by atomic mass is 9.87. The molecule has 0 saturated heterocycles. The molecule has 108 valence electrons. The zero-order chi connectivity index (χ0) is 15.3. The van der Waals surface area contributed by atoms with E-state index < -0.39 is 23.1 Å². The molecule has 0 aliphatic carbocycles. The van der Waals surface area contributed by atoms with Crippen LogP contribution in [-0.2, 0) is 5.79 Å². The van der Waals surface area contributed by atoms with E-state index in [1.54, 1.807) is 18.2 Å². The molecule has 1 heterocycles. The van der Waals surface area contributed by atoms with Gasteiger partial charge in [-0.25, -0.2) is 0 Å². The van der Waals surface area contributed by atoms with Crippen molar-refractivity contribution >= 4 is 5.78 Å². The van der Waals surface area contributed by atoms with Crippen molar-refractivity contribution in [3.63, 3.8) is 0 Å². The van der Waals surface area contributed by atoms with Gasteiger partial charge in [-0.3, -0.25) is 4.79 Å². The van der Waals surface area contributed by atoms with Gasteiger partial charge in [0, 0.05) is 5.56 Å². The highest BCUT2D eigenvalue weighted by molar-refractivity contribution is 6.07. The largest absolute Gasteiger partial charge is 0.507 e. The molecule has 4 N–H and O–H groups in total. The van der Waals surface area contributed by atoms with E-state index in [2.05, 4.69) is 0 Å². The van der Waals surface area contributed by atoms with Gasteiger partial charge in [0.05, 0.1) is 0 Å². The lowest BCUT2D eigenvalue weighted by Crippen LogP contribution is -2.62. The second-order valence-corrected chi connectivity index (χ2v) is 4.76. The highest BCUT2D eigenvalue weighted by atomic mass is 16.7. The number of aromatic hydroxyl groups is 1. The summed E-state index contributed by atoms with van der Waals surface area (Å²) in [5.74, 6) is -7.75. The number of aliphatic hydroxyl groups is 3. The van der Waals surface area contributed by atoms with Crippen molar-refractivity contribution in [3.8, 4) is 11.5 Å². The van der Waals surface area contributed by atoms with E-state index >= 15 is 0 Å². The van der Waals surface area contributed by atoms with Crippen LogP contribution in [0.15, 0.2) is 48.5 Å². The molecule has 0 bridgehead atoms. The minimum absolute atomic E-state index is 0.00246. The Morgan fingerprint density at radius 2 is 1.57 bits per heavy atom. The number of carbonyl (C=O) groups excluding carboxylic acids is 1. The highest BCUT2D eigenvalue weighted by Crippen LogP contribution is 2.45. The van der Waals surface area contributed by atoms with Crippen LogP contribution in [0.3, 0.4) is 0 Å². The molecule has 0 spiro atoms. The van der Waals surface area contributed by atoms with Gasteiger partial charge >= 0.3 is 5.79 Å². The van der Waals surface area contributed by atoms with Crippen LogP contribution < -0.4 is 4.74 Å². The fraction of sp³-hybridized carbons (Fsp3) is 0.133. The second-order valence-electron chi connectivity index (χ2n) is 4.76. The molecule has 2 aromatic rings. The summed E-state index contributed by atoms with van der Waals surface area (Å²) in [6.07, 6.45) is 0. The van der Waals surface area contributed by atoms with Gasteiger partial charge in [-0.2, -0.15) is 0 Å². The molecule has 1 atom stereocenters. The Labute approximate surface area is 119 Å². The van der Waals surface area contributed by atoms with Crippen molar-refractivity contribution in [2.24, 2.45) is 0 Å². The first-order valence-corrected chi connectivity index (χ1v) is 6.16. The number of fused-ring (bicyclic) bond motifs is 1. The molecular formula is C15H12O6. The van der Waals surface area contributed by atoms with Crippen LogP contribution in [0.25, 0.3) is 0 Å². The summed E-state index contributed by atoms with van der Waals surface area (Å²) in [6.45, 7) is 0. The average molecular weight is 288 g/mol. The number of ketones is 1. The highest BCUT2D eigenvalue weighted by Gasteiger charge is 2.62. The number of carbonyl (C=O) groups is 1. The van der Waals surface area contributed by atoms with Crippen molar-refractivity contribution in [2.75, 3.05) is 0 Å². The number of ether oxygens (including phenoxy) is 1. The van der Waals surface area contributed by atoms with Crippen LogP contribution in [0, 0.1) is 0 Å². The Morgan fingerprint density at radius 1 is 0.905 bits per heavy atom. The van der Waals surface area contributed by atoms with Crippen LogP contribution in [0.1, 0.15) is 15.9 Å². The molecular weight excluding hydrogens is 276 g/mol. The Kier molecular flexibility index (Phi) is 2.77. The summed E-state index contributed by atoms with van der Waals surface area (Å²) < 4.78 is 5.25. The van der Waals surface area contributed by atoms with Crippen molar-refractivity contribution in [3.05, 3.63) is 59.7 Å². The summed E-state index contributed by atoms with van der Waals surface area (Å²) in [7, 11) is 0. The van der Waals surface area contributed by atoms with E-state index in [1.807, 2.05) is 0 Å². The smallest absolute Gasteiger partial charge is 0.301 e. The molecule has 0 aromatic heterocycles. The Morgan fingerprint density at radius 3 is 2.24 bits per heavy atom. The van der Waals surface area contributed by atoms with Crippen molar-refractivity contribution in [1.82, 2.24) is 0 Å². The standard InChI is InChI=1S/C15H12O6/c16-10-7-4-8-11-12(10)13(17)14(18,19)15(20,21-11)9-5-2-1-3-6-9/h1-8,16,18-20H. The van der Waals surface area contributed by atoms with Crippen LogP contribution in [0.4, 0.5) is 0 Å². The topological polar surface area (TPSA) is 107 Å². The number of hydrogen-bond acceptors (Lipinski definition) is 6. The van der Waals surface area contributed by atoms with Crippen LogP contribution in [-0.4, -0.2) is 32.0 Å². The SMILES string of the molecule is O=C1c2c(O)cccc2OC(O)(c2ccccc2)C1(O)O. The maximum Gasteiger partial charge on any atom is 0.301 e. The molecule has 2 aromatic carbocycles. The van der Waals surface area contributed by atoms with Gasteiger partial charge in [0.15, 0.2) is 0 Å². The van der Waals surface area contributed by atoms with Gasteiger partial charge in [0.25, 0.3) is 5.79 Å². The van der Waals surface area contributed by atoms with Crippen molar-refractivity contribution in [1.29, 1.82) is 0 Å². The Balaban J connectivity index is 2.24. The van der Waals surface area contributed by atoms with Crippen LogP contribution in [0.5, 0.6) is 11.5 Å². The number of rotatable bonds is 1. The van der Waals surface area contributed by atoms with Crippen molar-refractivity contribution in [2.45, 2.75) is 11.6 Å². The van der Waals surface area contributed by atoms with E-state index in [1.165, 1.54) is 30.3 Å². The van der Waals surface area contributed by atoms with Crippen LogP contribution >= 0.6 is 0 Å². The zero-order valence-electron chi connectivity index (χ0n) is 10.7. The summed E-state index contributed by atoms with van der Waals surface area (Å²) in [5.41, 5.74) is -0.388. The third-order valence-electron chi connectivity index (χ3n) is 3.44. The third kappa shape index (κ3) is 1.74. The first kappa shape index (κ1) is 13.6.